The highest BCUT2D eigenvalue weighted by Crippen LogP contribution is 2.28. The average Bonchev–Trinajstić information content (AvgIpc) is 2.46. The molecule has 0 radical (unpaired) electrons. The number of hydrogen-bond donors (Lipinski definition) is 0. The van der Waals surface area contributed by atoms with E-state index in [-0.39, 0.29) is 19.0 Å². The van der Waals surface area contributed by atoms with E-state index in [9.17, 15) is 18.0 Å². The minimum absolute atomic E-state index is 0.0793. The highest BCUT2D eigenvalue weighted by molar-refractivity contribution is 5.82. The molecular formula is C14H16F3NO. The van der Waals surface area contributed by atoms with Gasteiger partial charge in [0.15, 0.2) is 0 Å². The largest absolute Gasteiger partial charge is 0.471 e. The zero-order valence-corrected chi connectivity index (χ0v) is 10.9. The van der Waals surface area contributed by atoms with E-state index in [1.54, 1.807) is 0 Å². The molecule has 1 heterocycles. The second kappa shape index (κ2) is 4.87. The predicted molar refractivity (Wildman–Crippen MR) is 65.9 cm³/mol. The summed E-state index contributed by atoms with van der Waals surface area (Å²) >= 11 is 0. The van der Waals surface area contributed by atoms with E-state index in [1.165, 1.54) is 0 Å². The number of amides is 1. The molecule has 0 fully saturated rings. The summed E-state index contributed by atoms with van der Waals surface area (Å²) in [4.78, 5) is 12.3. The summed E-state index contributed by atoms with van der Waals surface area (Å²) in [5, 5.41) is 0. The molecule has 0 saturated heterocycles. The second-order valence-corrected chi connectivity index (χ2v) is 5.10. The van der Waals surface area contributed by atoms with E-state index in [0.717, 1.165) is 21.6 Å². The molecule has 0 aromatic heterocycles. The molecule has 2 nitrogen and oxygen atoms in total. The van der Waals surface area contributed by atoms with E-state index < -0.39 is 12.1 Å². The van der Waals surface area contributed by atoms with Gasteiger partial charge in [0, 0.05) is 13.1 Å². The van der Waals surface area contributed by atoms with Crippen molar-refractivity contribution < 1.29 is 18.0 Å². The Morgan fingerprint density at radius 3 is 2.68 bits per heavy atom. The van der Waals surface area contributed by atoms with E-state index in [4.69, 9.17) is 0 Å². The first-order chi connectivity index (χ1) is 8.79. The van der Waals surface area contributed by atoms with Gasteiger partial charge in [0.05, 0.1) is 0 Å². The van der Waals surface area contributed by atoms with Crippen molar-refractivity contribution in [3.63, 3.8) is 0 Å². The van der Waals surface area contributed by atoms with Gasteiger partial charge >= 0.3 is 12.1 Å². The monoisotopic (exact) mass is 271 g/mol. The van der Waals surface area contributed by atoms with Crippen LogP contribution in [0.3, 0.4) is 0 Å². The highest BCUT2D eigenvalue weighted by atomic mass is 19.4. The Balaban J connectivity index is 2.25. The Labute approximate surface area is 110 Å². The van der Waals surface area contributed by atoms with Gasteiger partial charge in [-0.05, 0) is 30.4 Å². The number of aryl methyl sites for hydroxylation is 1. The van der Waals surface area contributed by atoms with Crippen LogP contribution < -0.4 is 0 Å². The van der Waals surface area contributed by atoms with Crippen LogP contribution in [0.25, 0.3) is 0 Å². The maximum absolute atomic E-state index is 12.5. The zero-order chi connectivity index (χ0) is 14.2. The number of alkyl halides is 3. The minimum atomic E-state index is -4.79. The lowest BCUT2D eigenvalue weighted by atomic mass is 9.94. The number of hydrogen-bond acceptors (Lipinski definition) is 1. The van der Waals surface area contributed by atoms with Gasteiger partial charge in [0.25, 0.3) is 0 Å². The first-order valence-corrected chi connectivity index (χ1v) is 6.24. The summed E-state index contributed by atoms with van der Waals surface area (Å²) in [5.41, 5.74) is 3.18. The molecule has 1 aliphatic heterocycles. The maximum atomic E-state index is 12.5. The highest BCUT2D eigenvalue weighted by Gasteiger charge is 2.43. The fourth-order valence-corrected chi connectivity index (χ4v) is 2.57. The molecule has 0 N–H and O–H groups in total. The van der Waals surface area contributed by atoms with Crippen LogP contribution in [0, 0.1) is 6.92 Å². The van der Waals surface area contributed by atoms with E-state index in [1.807, 2.05) is 32.0 Å². The zero-order valence-electron chi connectivity index (χ0n) is 10.9. The Kier molecular flexibility index (Phi) is 3.56. The van der Waals surface area contributed by atoms with Crippen molar-refractivity contribution in [2.24, 2.45) is 0 Å². The second-order valence-electron chi connectivity index (χ2n) is 5.10. The number of fused-ring (bicyclic) bond motifs is 1. The molecule has 104 valence electrons. The number of nitrogens with zero attached hydrogens (tertiary/aromatic N) is 1. The summed E-state index contributed by atoms with van der Waals surface area (Å²) in [6.07, 6.45) is -4.31. The molecule has 0 aliphatic carbocycles. The van der Waals surface area contributed by atoms with Crippen molar-refractivity contribution in [3.8, 4) is 0 Å². The molecular weight excluding hydrogens is 255 g/mol. The van der Waals surface area contributed by atoms with Gasteiger partial charge in [-0.2, -0.15) is 13.2 Å². The minimum Gasteiger partial charge on any atom is -0.334 e. The van der Waals surface area contributed by atoms with E-state index >= 15 is 0 Å². The van der Waals surface area contributed by atoms with Crippen LogP contribution >= 0.6 is 0 Å². The number of carbonyl (C=O) groups is 1. The Bertz CT molecular complexity index is 496. The molecule has 0 saturated carbocycles. The number of carbonyl (C=O) groups excluding carboxylic acids is 1. The normalized spacial score (nSPS) is 19.8. The van der Waals surface area contributed by atoms with Crippen molar-refractivity contribution in [1.82, 2.24) is 4.90 Å². The van der Waals surface area contributed by atoms with Crippen molar-refractivity contribution in [2.45, 2.75) is 32.4 Å². The van der Waals surface area contributed by atoms with Gasteiger partial charge in [0.1, 0.15) is 0 Å². The quantitative estimate of drug-likeness (QED) is 0.710. The topological polar surface area (TPSA) is 20.3 Å². The third-order valence-electron chi connectivity index (χ3n) is 3.50. The van der Waals surface area contributed by atoms with Gasteiger partial charge in [-0.15, -0.1) is 0 Å². The van der Waals surface area contributed by atoms with Gasteiger partial charge < -0.3 is 4.90 Å². The van der Waals surface area contributed by atoms with Gasteiger partial charge in [-0.3, -0.25) is 4.79 Å². The van der Waals surface area contributed by atoms with Crippen molar-refractivity contribution >= 4 is 5.91 Å². The summed E-state index contributed by atoms with van der Waals surface area (Å²) in [6.45, 7) is 4.05. The van der Waals surface area contributed by atoms with Crippen molar-refractivity contribution in [1.29, 1.82) is 0 Å². The number of benzene rings is 1. The Morgan fingerprint density at radius 2 is 2.05 bits per heavy atom. The van der Waals surface area contributed by atoms with Gasteiger partial charge in [-0.1, -0.05) is 30.7 Å². The smallest absolute Gasteiger partial charge is 0.334 e. The molecule has 1 aliphatic rings. The lowest BCUT2D eigenvalue weighted by Crippen LogP contribution is -2.42. The Morgan fingerprint density at radius 1 is 1.37 bits per heavy atom. The predicted octanol–water partition coefficient (Wildman–Crippen LogP) is 3.05. The lowest BCUT2D eigenvalue weighted by Gasteiger charge is -2.23. The fourth-order valence-electron chi connectivity index (χ4n) is 2.57. The maximum Gasteiger partial charge on any atom is 0.471 e. The first kappa shape index (κ1) is 13.9. The van der Waals surface area contributed by atoms with Crippen LogP contribution in [0.1, 0.15) is 29.5 Å². The van der Waals surface area contributed by atoms with E-state index in [2.05, 4.69) is 0 Å². The third-order valence-corrected chi connectivity index (χ3v) is 3.50. The fraction of sp³-hybridized carbons (Fsp3) is 0.500. The van der Waals surface area contributed by atoms with Crippen LogP contribution in [0.4, 0.5) is 13.2 Å². The summed E-state index contributed by atoms with van der Waals surface area (Å²) < 4.78 is 37.5. The van der Waals surface area contributed by atoms with Crippen molar-refractivity contribution in [2.75, 3.05) is 13.1 Å². The summed E-state index contributed by atoms with van der Waals surface area (Å²) in [7, 11) is 0. The molecule has 1 atom stereocenters. The molecule has 1 unspecified atom stereocenters. The number of halogens is 3. The number of rotatable bonds is 0. The SMILES string of the molecule is Cc1ccc2c(c1)CCN(C(=O)C(F)(F)F)CC2C. The molecule has 0 bridgehead atoms. The van der Waals surface area contributed by atoms with Crippen LogP contribution in [-0.2, 0) is 11.2 Å². The molecule has 1 aromatic rings. The van der Waals surface area contributed by atoms with Crippen LogP contribution in [0.15, 0.2) is 18.2 Å². The summed E-state index contributed by atoms with van der Waals surface area (Å²) in [6, 6.07) is 5.90. The standard InChI is InChI=1S/C14H16F3NO/c1-9-3-4-12-10(2)8-18(6-5-11(12)7-9)13(19)14(15,16)17/h3-4,7,10H,5-6,8H2,1-2H3. The average molecular weight is 271 g/mol. The van der Waals surface area contributed by atoms with Crippen molar-refractivity contribution in [3.05, 3.63) is 34.9 Å². The van der Waals surface area contributed by atoms with Gasteiger partial charge in [0.2, 0.25) is 0 Å². The molecule has 5 heteroatoms. The van der Waals surface area contributed by atoms with E-state index in [0.29, 0.717) is 6.42 Å². The lowest BCUT2D eigenvalue weighted by molar-refractivity contribution is -0.185. The molecule has 2 rings (SSSR count). The summed E-state index contributed by atoms with van der Waals surface area (Å²) in [5.74, 6) is -1.81. The van der Waals surface area contributed by atoms with Gasteiger partial charge in [-0.25, -0.2) is 0 Å². The van der Waals surface area contributed by atoms with Crippen LogP contribution in [0.5, 0.6) is 0 Å². The Hall–Kier alpha value is -1.52. The first-order valence-electron chi connectivity index (χ1n) is 6.24. The molecule has 0 spiro atoms. The van der Waals surface area contributed by atoms with Crippen LogP contribution in [-0.4, -0.2) is 30.1 Å². The van der Waals surface area contributed by atoms with Crippen LogP contribution in [0.2, 0.25) is 0 Å². The molecule has 1 amide bonds. The molecule has 1 aromatic carbocycles. The molecule has 19 heavy (non-hydrogen) atoms. The third kappa shape index (κ3) is 2.91.